The van der Waals surface area contributed by atoms with Crippen LogP contribution in [-0.2, 0) is 4.79 Å². The van der Waals surface area contributed by atoms with Gasteiger partial charge in [-0.1, -0.05) is 24.3 Å². The van der Waals surface area contributed by atoms with Crippen LogP contribution in [0.2, 0.25) is 0 Å². The van der Waals surface area contributed by atoms with Gasteiger partial charge in [-0.3, -0.25) is 9.59 Å². The number of hydrogen-bond acceptors (Lipinski definition) is 3. The number of benzene rings is 2. The predicted octanol–water partition coefficient (Wildman–Crippen LogP) is 3.79. The van der Waals surface area contributed by atoms with E-state index in [0.29, 0.717) is 18.5 Å². The molecule has 0 atom stereocenters. The molecule has 2 aromatic carbocycles. The summed E-state index contributed by atoms with van der Waals surface area (Å²) in [5.74, 6) is -0.0489. The zero-order valence-electron chi connectivity index (χ0n) is 16.0. The molecule has 0 bridgehead atoms. The molecule has 0 radical (unpaired) electrons. The third-order valence-electron chi connectivity index (χ3n) is 5.13. The largest absolute Gasteiger partial charge is 0.355 e. The second-order valence-corrected chi connectivity index (χ2v) is 7.01. The lowest BCUT2D eigenvalue weighted by Gasteiger charge is -2.16. The number of likely N-dealkylation sites (tertiary alicyclic amines) is 1. The number of para-hydroxylation sites is 1. The van der Waals surface area contributed by atoms with Crippen molar-refractivity contribution in [3.05, 3.63) is 59.2 Å². The number of rotatable bonds is 6. The Morgan fingerprint density at radius 3 is 2.44 bits per heavy atom. The molecule has 0 spiro atoms. The minimum absolute atomic E-state index is 0.120. The van der Waals surface area contributed by atoms with Gasteiger partial charge in [0.1, 0.15) is 0 Å². The highest BCUT2D eigenvalue weighted by molar-refractivity contribution is 6.00. The molecule has 0 aliphatic carbocycles. The van der Waals surface area contributed by atoms with Crippen molar-refractivity contribution in [2.75, 3.05) is 25.0 Å². The minimum Gasteiger partial charge on any atom is -0.355 e. The maximum absolute atomic E-state index is 12.6. The van der Waals surface area contributed by atoms with Gasteiger partial charge in [-0.25, -0.2) is 0 Å². The number of amides is 2. The molecule has 142 valence electrons. The first-order chi connectivity index (χ1) is 13.1. The van der Waals surface area contributed by atoms with Crippen LogP contribution in [0.4, 0.5) is 11.4 Å². The smallest absolute Gasteiger partial charge is 0.253 e. The number of carbonyl (C=O) groups excluding carboxylic acids is 2. The summed E-state index contributed by atoms with van der Waals surface area (Å²) in [6.07, 6.45) is 2.50. The van der Waals surface area contributed by atoms with Crippen LogP contribution in [0.15, 0.2) is 42.5 Å². The zero-order chi connectivity index (χ0) is 19.2. The molecule has 3 rings (SSSR count). The van der Waals surface area contributed by atoms with Crippen molar-refractivity contribution in [2.24, 2.45) is 0 Å². The van der Waals surface area contributed by atoms with Crippen molar-refractivity contribution in [2.45, 2.75) is 33.1 Å². The molecular weight excluding hydrogens is 338 g/mol. The monoisotopic (exact) mass is 365 g/mol. The lowest BCUT2D eigenvalue weighted by atomic mass is 10.1. The van der Waals surface area contributed by atoms with Crippen molar-refractivity contribution in [1.82, 2.24) is 10.2 Å². The van der Waals surface area contributed by atoms with Crippen molar-refractivity contribution >= 4 is 23.2 Å². The first kappa shape index (κ1) is 19.0. The highest BCUT2D eigenvalue weighted by Gasteiger charge is 2.18. The number of carbonyl (C=O) groups is 2. The van der Waals surface area contributed by atoms with E-state index in [9.17, 15) is 9.59 Å². The number of aryl methyl sites for hydroxylation is 1. The molecule has 0 unspecified atom stereocenters. The SMILES string of the molecule is Cc1cccc(Nc2ccccc2C(=O)NCCC(=O)N2CCCC2)c1C. The van der Waals surface area contributed by atoms with E-state index < -0.39 is 0 Å². The maximum atomic E-state index is 12.6. The number of hydrogen-bond donors (Lipinski definition) is 2. The van der Waals surface area contributed by atoms with Crippen LogP contribution in [0.5, 0.6) is 0 Å². The van der Waals surface area contributed by atoms with Crippen LogP contribution >= 0.6 is 0 Å². The van der Waals surface area contributed by atoms with Crippen LogP contribution in [0.25, 0.3) is 0 Å². The van der Waals surface area contributed by atoms with Gasteiger partial charge >= 0.3 is 0 Å². The fourth-order valence-electron chi connectivity index (χ4n) is 3.32. The predicted molar refractivity (Wildman–Crippen MR) is 108 cm³/mol. The zero-order valence-corrected chi connectivity index (χ0v) is 16.0. The summed E-state index contributed by atoms with van der Waals surface area (Å²) in [6, 6.07) is 13.5. The quantitative estimate of drug-likeness (QED) is 0.819. The molecule has 0 saturated carbocycles. The average Bonchev–Trinajstić information content (AvgIpc) is 3.20. The van der Waals surface area contributed by atoms with E-state index in [1.165, 1.54) is 5.56 Å². The molecule has 0 aromatic heterocycles. The van der Waals surface area contributed by atoms with E-state index in [1.54, 1.807) is 6.07 Å². The molecule has 1 aliphatic heterocycles. The second-order valence-electron chi connectivity index (χ2n) is 7.01. The van der Waals surface area contributed by atoms with Crippen molar-refractivity contribution in [1.29, 1.82) is 0 Å². The van der Waals surface area contributed by atoms with Gasteiger partial charge in [-0.15, -0.1) is 0 Å². The minimum atomic E-state index is -0.169. The van der Waals surface area contributed by atoms with Crippen molar-refractivity contribution < 1.29 is 9.59 Å². The molecule has 1 aliphatic rings. The molecule has 1 heterocycles. The lowest BCUT2D eigenvalue weighted by molar-refractivity contribution is -0.129. The second kappa shape index (κ2) is 8.71. The third-order valence-corrected chi connectivity index (χ3v) is 5.13. The van der Waals surface area contributed by atoms with Crippen LogP contribution in [-0.4, -0.2) is 36.3 Å². The number of nitrogens with zero attached hydrogens (tertiary/aromatic N) is 1. The Hall–Kier alpha value is -2.82. The molecule has 2 amide bonds. The molecule has 5 nitrogen and oxygen atoms in total. The van der Waals surface area contributed by atoms with Crippen LogP contribution in [0.1, 0.15) is 40.7 Å². The molecular formula is C22H27N3O2. The van der Waals surface area contributed by atoms with Gasteiger partial charge in [-0.05, 0) is 56.0 Å². The van der Waals surface area contributed by atoms with Gasteiger partial charge in [-0.2, -0.15) is 0 Å². The molecule has 5 heteroatoms. The Morgan fingerprint density at radius 1 is 0.963 bits per heavy atom. The normalized spacial score (nSPS) is 13.5. The Labute approximate surface area is 160 Å². The van der Waals surface area contributed by atoms with Crippen molar-refractivity contribution in [3.63, 3.8) is 0 Å². The van der Waals surface area contributed by atoms with Gasteiger partial charge in [0.15, 0.2) is 0 Å². The van der Waals surface area contributed by atoms with Gasteiger partial charge in [0.2, 0.25) is 5.91 Å². The van der Waals surface area contributed by atoms with E-state index in [4.69, 9.17) is 0 Å². The highest BCUT2D eigenvalue weighted by atomic mass is 16.2. The lowest BCUT2D eigenvalue weighted by Crippen LogP contribution is -2.32. The fraction of sp³-hybridized carbons (Fsp3) is 0.364. The summed E-state index contributed by atoms with van der Waals surface area (Å²) in [7, 11) is 0. The van der Waals surface area contributed by atoms with Gasteiger partial charge in [0.05, 0.1) is 11.3 Å². The summed E-state index contributed by atoms with van der Waals surface area (Å²) in [6.45, 7) is 6.16. The van der Waals surface area contributed by atoms with E-state index >= 15 is 0 Å². The maximum Gasteiger partial charge on any atom is 0.253 e. The summed E-state index contributed by atoms with van der Waals surface area (Å²) in [5, 5.41) is 6.25. The van der Waals surface area contributed by atoms with E-state index in [-0.39, 0.29) is 11.8 Å². The first-order valence-electron chi connectivity index (χ1n) is 9.54. The highest BCUT2D eigenvalue weighted by Crippen LogP contribution is 2.25. The topological polar surface area (TPSA) is 61.4 Å². The Bertz CT molecular complexity index is 826. The van der Waals surface area contributed by atoms with Crippen molar-refractivity contribution in [3.8, 4) is 0 Å². The van der Waals surface area contributed by atoms with Gasteiger partial charge < -0.3 is 15.5 Å². The van der Waals surface area contributed by atoms with E-state index in [0.717, 1.165) is 42.9 Å². The standard InChI is InChI=1S/C22H27N3O2/c1-16-8-7-11-19(17(16)2)24-20-10-4-3-9-18(20)22(27)23-13-12-21(26)25-14-5-6-15-25/h3-4,7-11,24H,5-6,12-15H2,1-2H3,(H,23,27). The fourth-order valence-corrected chi connectivity index (χ4v) is 3.32. The summed E-state index contributed by atoms with van der Waals surface area (Å²) in [4.78, 5) is 26.6. The van der Waals surface area contributed by atoms with Gasteiger partial charge in [0, 0.05) is 31.7 Å². The van der Waals surface area contributed by atoms with Gasteiger partial charge in [0.25, 0.3) is 5.91 Å². The van der Waals surface area contributed by atoms with Crippen LogP contribution in [0.3, 0.4) is 0 Å². The molecule has 2 aromatic rings. The first-order valence-corrected chi connectivity index (χ1v) is 9.54. The Morgan fingerprint density at radius 2 is 1.67 bits per heavy atom. The molecule has 1 saturated heterocycles. The van der Waals surface area contributed by atoms with Crippen LogP contribution < -0.4 is 10.6 Å². The summed E-state index contributed by atoms with van der Waals surface area (Å²) in [5.41, 5.74) is 4.67. The van der Waals surface area contributed by atoms with E-state index in [2.05, 4.69) is 30.5 Å². The number of anilines is 2. The summed E-state index contributed by atoms with van der Waals surface area (Å²) < 4.78 is 0. The summed E-state index contributed by atoms with van der Waals surface area (Å²) >= 11 is 0. The third kappa shape index (κ3) is 4.67. The number of nitrogens with one attached hydrogen (secondary N) is 2. The van der Waals surface area contributed by atoms with E-state index in [1.807, 2.05) is 35.2 Å². The average molecular weight is 365 g/mol. The molecule has 2 N–H and O–H groups in total. The molecule has 1 fully saturated rings. The molecule has 27 heavy (non-hydrogen) atoms. The Kier molecular flexibility index (Phi) is 6.12. The van der Waals surface area contributed by atoms with Crippen LogP contribution in [0, 0.1) is 13.8 Å². The Balaban J connectivity index is 1.63.